The highest BCUT2D eigenvalue weighted by atomic mass is 32.2. The summed E-state index contributed by atoms with van der Waals surface area (Å²) in [4.78, 5) is 22.5. The summed E-state index contributed by atoms with van der Waals surface area (Å²) in [5, 5.41) is 4.83. The van der Waals surface area contributed by atoms with Crippen molar-refractivity contribution in [1.82, 2.24) is 20.3 Å². The normalized spacial score (nSPS) is 11.6. The van der Waals surface area contributed by atoms with Crippen LogP contribution in [0, 0.1) is 0 Å². The van der Waals surface area contributed by atoms with Crippen molar-refractivity contribution in [3.63, 3.8) is 0 Å². The zero-order chi connectivity index (χ0) is 14.6. The van der Waals surface area contributed by atoms with E-state index in [1.54, 1.807) is 6.20 Å². The fourth-order valence-electron chi connectivity index (χ4n) is 1.51. The van der Waals surface area contributed by atoms with Crippen LogP contribution < -0.4 is 10.9 Å². The predicted octanol–water partition coefficient (Wildman–Crippen LogP) is 2.20. The summed E-state index contributed by atoms with van der Waals surface area (Å²) in [6, 6.07) is 5.32. The highest BCUT2D eigenvalue weighted by Gasteiger charge is 2.12. The lowest BCUT2D eigenvalue weighted by molar-refractivity contribution is 0.422. The smallest absolute Gasteiger partial charge is 0.251 e. The Morgan fingerprint density at radius 1 is 1.25 bits per heavy atom. The van der Waals surface area contributed by atoms with Crippen molar-refractivity contribution in [3.05, 3.63) is 46.5 Å². The van der Waals surface area contributed by atoms with E-state index in [4.69, 9.17) is 0 Å². The van der Waals surface area contributed by atoms with Crippen LogP contribution in [0.25, 0.3) is 0 Å². The number of aromatic amines is 1. The maximum absolute atomic E-state index is 11.3. The molecule has 0 aliphatic rings. The number of H-pyrrole nitrogens is 1. The number of hydrogen-bond donors (Lipinski definition) is 2. The molecule has 0 aliphatic heterocycles. The third-order valence-corrected chi connectivity index (χ3v) is 3.46. The van der Waals surface area contributed by atoms with Crippen molar-refractivity contribution in [2.75, 3.05) is 0 Å². The lowest BCUT2D eigenvalue weighted by atomic mass is 10.1. The average molecular weight is 290 g/mol. The second-order valence-electron chi connectivity index (χ2n) is 5.41. The van der Waals surface area contributed by atoms with Crippen LogP contribution in [0.1, 0.15) is 26.3 Å². The summed E-state index contributed by atoms with van der Waals surface area (Å²) >= 11 is 1.36. The van der Waals surface area contributed by atoms with E-state index in [0.29, 0.717) is 5.16 Å². The van der Waals surface area contributed by atoms with Crippen LogP contribution in [0.2, 0.25) is 0 Å². The van der Waals surface area contributed by atoms with E-state index in [1.807, 2.05) is 12.1 Å². The van der Waals surface area contributed by atoms with Gasteiger partial charge in [-0.25, -0.2) is 9.97 Å². The maximum atomic E-state index is 11.3. The van der Waals surface area contributed by atoms with Gasteiger partial charge in [0.2, 0.25) is 0 Å². The van der Waals surface area contributed by atoms with Crippen molar-refractivity contribution in [2.45, 2.75) is 43.0 Å². The Hall–Kier alpha value is -1.66. The number of rotatable bonds is 4. The maximum Gasteiger partial charge on any atom is 0.251 e. The van der Waals surface area contributed by atoms with Gasteiger partial charge in [0.25, 0.3) is 5.56 Å². The summed E-state index contributed by atoms with van der Waals surface area (Å²) in [6.45, 7) is 7.07. The highest BCUT2D eigenvalue weighted by molar-refractivity contribution is 7.99. The van der Waals surface area contributed by atoms with Gasteiger partial charge in [-0.05, 0) is 44.2 Å². The van der Waals surface area contributed by atoms with Gasteiger partial charge in [-0.3, -0.25) is 4.79 Å². The van der Waals surface area contributed by atoms with Crippen molar-refractivity contribution in [3.8, 4) is 0 Å². The molecule has 6 heteroatoms. The third-order valence-electron chi connectivity index (χ3n) is 2.50. The Bertz CT molecular complexity index is 633. The molecular weight excluding hydrogens is 272 g/mol. The molecule has 5 nitrogen and oxygen atoms in total. The number of nitrogens with zero attached hydrogens (tertiary/aromatic N) is 2. The molecule has 2 N–H and O–H groups in total. The van der Waals surface area contributed by atoms with E-state index in [9.17, 15) is 4.79 Å². The molecule has 0 unspecified atom stereocenters. The Balaban J connectivity index is 2.17. The molecule has 0 spiro atoms. The van der Waals surface area contributed by atoms with E-state index >= 15 is 0 Å². The molecule has 2 rings (SSSR count). The van der Waals surface area contributed by atoms with E-state index in [2.05, 4.69) is 41.0 Å². The van der Waals surface area contributed by atoms with Gasteiger partial charge in [0, 0.05) is 30.5 Å². The molecule has 0 fully saturated rings. The monoisotopic (exact) mass is 290 g/mol. The highest BCUT2D eigenvalue weighted by Crippen LogP contribution is 2.25. The summed E-state index contributed by atoms with van der Waals surface area (Å²) < 4.78 is 0. The molecule has 0 radical (unpaired) electrons. The zero-order valence-corrected chi connectivity index (χ0v) is 12.6. The SMILES string of the molecule is CC(C)(C)NCc1cccnc1Sc1nccc(=O)[nH]1. The van der Waals surface area contributed by atoms with Crippen LogP contribution >= 0.6 is 11.8 Å². The van der Waals surface area contributed by atoms with Gasteiger partial charge in [-0.15, -0.1) is 0 Å². The summed E-state index contributed by atoms with van der Waals surface area (Å²) in [5.41, 5.74) is 0.962. The van der Waals surface area contributed by atoms with Crippen LogP contribution in [0.5, 0.6) is 0 Å². The minimum absolute atomic E-state index is 0.0388. The first kappa shape index (κ1) is 14.7. The molecule has 106 valence electrons. The molecule has 0 atom stereocenters. The van der Waals surface area contributed by atoms with Crippen LogP contribution in [0.15, 0.2) is 45.6 Å². The molecule has 0 saturated heterocycles. The van der Waals surface area contributed by atoms with Crippen molar-refractivity contribution < 1.29 is 0 Å². The fourth-order valence-corrected chi connectivity index (χ4v) is 2.34. The lowest BCUT2D eigenvalue weighted by Crippen LogP contribution is -2.35. The average Bonchev–Trinajstić information content (AvgIpc) is 2.37. The molecule has 2 aromatic rings. The Morgan fingerprint density at radius 2 is 2.05 bits per heavy atom. The lowest BCUT2D eigenvalue weighted by Gasteiger charge is -2.21. The molecule has 0 saturated carbocycles. The third kappa shape index (κ3) is 4.47. The first-order valence-corrected chi connectivity index (χ1v) is 7.18. The molecule has 0 amide bonds. The minimum atomic E-state index is -0.159. The fraction of sp³-hybridized carbons (Fsp3) is 0.357. The van der Waals surface area contributed by atoms with Gasteiger partial charge in [0.15, 0.2) is 5.16 Å². The van der Waals surface area contributed by atoms with E-state index in [1.165, 1.54) is 24.0 Å². The van der Waals surface area contributed by atoms with Gasteiger partial charge in [0.1, 0.15) is 5.03 Å². The zero-order valence-electron chi connectivity index (χ0n) is 11.8. The second-order valence-corrected chi connectivity index (χ2v) is 6.39. The van der Waals surface area contributed by atoms with Crippen LogP contribution in [0.3, 0.4) is 0 Å². The van der Waals surface area contributed by atoms with Crippen molar-refractivity contribution >= 4 is 11.8 Å². The van der Waals surface area contributed by atoms with Gasteiger partial charge in [-0.1, -0.05) is 6.07 Å². The predicted molar refractivity (Wildman–Crippen MR) is 79.8 cm³/mol. The van der Waals surface area contributed by atoms with Gasteiger partial charge >= 0.3 is 0 Å². The minimum Gasteiger partial charge on any atom is -0.308 e. The summed E-state index contributed by atoms with van der Waals surface area (Å²) in [5.74, 6) is 0. The molecule has 0 aromatic carbocycles. The van der Waals surface area contributed by atoms with Crippen LogP contribution in [0.4, 0.5) is 0 Å². The van der Waals surface area contributed by atoms with E-state index in [0.717, 1.165) is 17.1 Å². The van der Waals surface area contributed by atoms with Crippen molar-refractivity contribution in [1.29, 1.82) is 0 Å². The van der Waals surface area contributed by atoms with Gasteiger partial charge in [-0.2, -0.15) is 0 Å². The van der Waals surface area contributed by atoms with E-state index in [-0.39, 0.29) is 11.1 Å². The van der Waals surface area contributed by atoms with E-state index < -0.39 is 0 Å². The Kier molecular flexibility index (Phi) is 4.57. The topological polar surface area (TPSA) is 70.7 Å². The number of pyridine rings is 1. The molecular formula is C14H18N4OS. The summed E-state index contributed by atoms with van der Waals surface area (Å²) in [7, 11) is 0. The molecule has 2 heterocycles. The van der Waals surface area contributed by atoms with Gasteiger partial charge < -0.3 is 10.3 Å². The molecule has 2 aromatic heterocycles. The Morgan fingerprint density at radius 3 is 2.75 bits per heavy atom. The molecule has 20 heavy (non-hydrogen) atoms. The quantitative estimate of drug-likeness (QED) is 0.845. The first-order valence-electron chi connectivity index (χ1n) is 6.36. The molecule has 0 bridgehead atoms. The first-order chi connectivity index (χ1) is 9.44. The number of hydrogen-bond acceptors (Lipinski definition) is 5. The van der Waals surface area contributed by atoms with Crippen molar-refractivity contribution in [2.24, 2.45) is 0 Å². The molecule has 0 aliphatic carbocycles. The standard InChI is InChI=1S/C14H18N4OS/c1-14(2,3)17-9-10-5-4-7-15-12(10)20-13-16-8-6-11(19)18-13/h4-8,17H,9H2,1-3H3,(H,16,18,19). The number of aromatic nitrogens is 3. The second kappa shape index (κ2) is 6.19. The number of nitrogens with one attached hydrogen (secondary N) is 2. The summed E-state index contributed by atoms with van der Waals surface area (Å²) in [6.07, 6.45) is 3.24. The van der Waals surface area contributed by atoms with Crippen LogP contribution in [-0.4, -0.2) is 20.5 Å². The Labute approximate surface area is 122 Å². The largest absolute Gasteiger partial charge is 0.308 e. The van der Waals surface area contributed by atoms with Crippen LogP contribution in [-0.2, 0) is 6.54 Å². The van der Waals surface area contributed by atoms with Gasteiger partial charge in [0.05, 0.1) is 0 Å².